The number of hydrogen-bond acceptors (Lipinski definition) is 1. The van der Waals surface area contributed by atoms with Gasteiger partial charge in [0.05, 0.1) is 0 Å². The molecule has 1 N–H and O–H groups in total. The molecule has 0 heterocycles. The van der Waals surface area contributed by atoms with E-state index in [0.29, 0.717) is 33.2 Å². The van der Waals surface area contributed by atoms with Crippen molar-refractivity contribution in [1.82, 2.24) is 0 Å². The number of hydrogen-bond donors (Lipinski definition) is 1. The van der Waals surface area contributed by atoms with Gasteiger partial charge in [-0.25, -0.2) is 4.79 Å². The first-order valence-electron chi connectivity index (χ1n) is 13.7. The molecule has 0 aliphatic heterocycles. The van der Waals surface area contributed by atoms with Gasteiger partial charge in [-0.2, -0.15) is 0 Å². The molecule has 0 aromatic rings. The van der Waals surface area contributed by atoms with Crippen molar-refractivity contribution in [3.05, 3.63) is 12.2 Å². The first-order valence-corrected chi connectivity index (χ1v) is 13.7. The maximum atomic E-state index is 11.8. The van der Waals surface area contributed by atoms with Crippen molar-refractivity contribution >= 4 is 5.97 Å². The average Bonchev–Trinajstić information content (AvgIpc) is 3.04. The zero-order valence-electron chi connectivity index (χ0n) is 21.7. The molecule has 5 fully saturated rings. The van der Waals surface area contributed by atoms with Crippen molar-refractivity contribution in [3.63, 3.8) is 0 Å². The highest BCUT2D eigenvalue weighted by molar-refractivity contribution is 5.86. The molecular formula is C30H48O2. The fourth-order valence-electron chi connectivity index (χ4n) is 11.9. The standard InChI is InChI=1S/C30H48O2/c1-19(25(31)32)20-11-16-27(4)21(20)12-17-29(6)23(27)9-10-24-28(5)15-8-14-26(2,3)22(28)13-18-30(24,29)7/h20-24H,1,8-18H2,2-7H3,(H,31,32)/t20-,21-,22+,23-,24-,27+,28+,29-,30-/m1/s1. The second kappa shape index (κ2) is 6.88. The number of carbonyl (C=O) groups is 1. The molecule has 0 saturated heterocycles. The average molecular weight is 441 g/mol. The summed E-state index contributed by atoms with van der Waals surface area (Å²) in [5, 5.41) is 9.68. The van der Waals surface area contributed by atoms with Gasteiger partial charge in [-0.15, -0.1) is 0 Å². The van der Waals surface area contributed by atoms with Crippen LogP contribution in [0.2, 0.25) is 0 Å². The summed E-state index contributed by atoms with van der Waals surface area (Å²) in [5.41, 5.74) is 2.57. The van der Waals surface area contributed by atoms with Crippen LogP contribution in [0.5, 0.6) is 0 Å². The van der Waals surface area contributed by atoms with E-state index in [2.05, 4.69) is 48.1 Å². The lowest BCUT2D eigenvalue weighted by molar-refractivity contribution is -0.240. The molecule has 5 aliphatic rings. The van der Waals surface area contributed by atoms with Crippen LogP contribution in [0.15, 0.2) is 12.2 Å². The molecule has 0 radical (unpaired) electrons. The highest BCUT2D eigenvalue weighted by Crippen LogP contribution is 2.78. The van der Waals surface area contributed by atoms with E-state index in [1.165, 1.54) is 64.2 Å². The van der Waals surface area contributed by atoms with Crippen LogP contribution >= 0.6 is 0 Å². The largest absolute Gasteiger partial charge is 0.478 e. The molecule has 5 aliphatic carbocycles. The molecule has 0 amide bonds. The molecule has 5 saturated carbocycles. The van der Waals surface area contributed by atoms with E-state index < -0.39 is 5.97 Å². The molecule has 0 aromatic carbocycles. The summed E-state index contributed by atoms with van der Waals surface area (Å²) < 4.78 is 0. The third kappa shape index (κ3) is 2.68. The third-order valence-corrected chi connectivity index (χ3v) is 13.4. The Morgan fingerprint density at radius 2 is 1.31 bits per heavy atom. The fraction of sp³-hybridized carbons (Fsp3) is 0.900. The Bertz CT molecular complexity index is 827. The SMILES string of the molecule is C=C(C(=O)O)[C@H]1CC[C@@]2(C)[C@@H]1CC[C@]1(C)[C@@H]2CC[C@@H]2[C@@]3(C)CCCC(C)(C)[C@@H]3CC[C@]21C. The quantitative estimate of drug-likeness (QED) is 0.440. The smallest absolute Gasteiger partial charge is 0.331 e. The van der Waals surface area contributed by atoms with Crippen molar-refractivity contribution in [1.29, 1.82) is 0 Å². The summed E-state index contributed by atoms with van der Waals surface area (Å²) >= 11 is 0. The Labute approximate surface area is 197 Å². The van der Waals surface area contributed by atoms with Crippen LogP contribution in [-0.2, 0) is 4.79 Å². The summed E-state index contributed by atoms with van der Waals surface area (Å²) in [7, 11) is 0. The van der Waals surface area contributed by atoms with Crippen LogP contribution in [0.4, 0.5) is 0 Å². The van der Waals surface area contributed by atoms with Gasteiger partial charge in [0.15, 0.2) is 0 Å². The summed E-state index contributed by atoms with van der Waals surface area (Å²) in [5.74, 6) is 2.40. The van der Waals surface area contributed by atoms with Gasteiger partial charge in [0.25, 0.3) is 0 Å². The maximum absolute atomic E-state index is 11.8. The molecule has 0 spiro atoms. The highest BCUT2D eigenvalue weighted by atomic mass is 16.4. The van der Waals surface area contributed by atoms with E-state index in [1.54, 1.807) is 0 Å². The zero-order chi connectivity index (χ0) is 23.3. The second-order valence-electron chi connectivity index (χ2n) is 14.6. The van der Waals surface area contributed by atoms with E-state index in [0.717, 1.165) is 24.2 Å². The van der Waals surface area contributed by atoms with Crippen LogP contribution in [-0.4, -0.2) is 11.1 Å². The monoisotopic (exact) mass is 440 g/mol. The van der Waals surface area contributed by atoms with Crippen LogP contribution < -0.4 is 0 Å². The van der Waals surface area contributed by atoms with E-state index in [1.807, 2.05) is 0 Å². The molecule has 0 aromatic heterocycles. The Morgan fingerprint density at radius 1 is 0.719 bits per heavy atom. The van der Waals surface area contributed by atoms with Gasteiger partial charge >= 0.3 is 5.97 Å². The Hall–Kier alpha value is -0.790. The Kier molecular flexibility index (Phi) is 4.94. The highest BCUT2D eigenvalue weighted by Gasteiger charge is 2.70. The number of carboxylic acid groups (broad SMARTS) is 1. The van der Waals surface area contributed by atoms with Gasteiger partial charge in [-0.05, 0) is 121 Å². The van der Waals surface area contributed by atoms with Gasteiger partial charge in [-0.1, -0.05) is 54.5 Å². The van der Waals surface area contributed by atoms with Gasteiger partial charge in [-0.3, -0.25) is 0 Å². The lowest BCUT2D eigenvalue weighted by atomic mass is 9.32. The summed E-state index contributed by atoms with van der Waals surface area (Å²) in [6, 6.07) is 0. The van der Waals surface area contributed by atoms with E-state index in [-0.39, 0.29) is 11.3 Å². The van der Waals surface area contributed by atoms with Gasteiger partial charge in [0.2, 0.25) is 0 Å². The van der Waals surface area contributed by atoms with Crippen molar-refractivity contribution < 1.29 is 9.90 Å². The van der Waals surface area contributed by atoms with Gasteiger partial charge in [0, 0.05) is 5.57 Å². The topological polar surface area (TPSA) is 37.3 Å². The molecular weight excluding hydrogens is 392 g/mol. The van der Waals surface area contributed by atoms with Gasteiger partial charge in [0.1, 0.15) is 0 Å². The van der Waals surface area contributed by atoms with E-state index in [4.69, 9.17) is 0 Å². The Balaban J connectivity index is 1.50. The number of carboxylic acids is 1. The van der Waals surface area contributed by atoms with Crippen molar-refractivity contribution in [2.45, 2.75) is 112 Å². The van der Waals surface area contributed by atoms with Crippen LogP contribution in [0, 0.1) is 56.7 Å². The van der Waals surface area contributed by atoms with Crippen LogP contribution in [0.25, 0.3) is 0 Å². The summed E-state index contributed by atoms with van der Waals surface area (Å²) in [6.07, 6.45) is 14.5. The van der Waals surface area contributed by atoms with E-state index in [9.17, 15) is 9.90 Å². The predicted molar refractivity (Wildman–Crippen MR) is 131 cm³/mol. The third-order valence-electron chi connectivity index (χ3n) is 13.4. The van der Waals surface area contributed by atoms with Crippen LogP contribution in [0.3, 0.4) is 0 Å². The number of rotatable bonds is 2. The minimum absolute atomic E-state index is 0.194. The first kappa shape index (κ1) is 23.0. The molecule has 9 atom stereocenters. The second-order valence-corrected chi connectivity index (χ2v) is 14.6. The summed E-state index contributed by atoms with van der Waals surface area (Å²) in [6.45, 7) is 19.8. The van der Waals surface area contributed by atoms with Crippen molar-refractivity contribution in [2.75, 3.05) is 0 Å². The van der Waals surface area contributed by atoms with Crippen molar-refractivity contribution in [3.8, 4) is 0 Å². The molecule has 0 unspecified atom stereocenters. The molecule has 0 bridgehead atoms. The van der Waals surface area contributed by atoms with E-state index >= 15 is 0 Å². The normalized spacial score (nSPS) is 54.0. The maximum Gasteiger partial charge on any atom is 0.331 e. The molecule has 32 heavy (non-hydrogen) atoms. The molecule has 180 valence electrons. The molecule has 2 nitrogen and oxygen atoms in total. The molecule has 5 rings (SSSR count). The fourth-order valence-corrected chi connectivity index (χ4v) is 11.9. The zero-order valence-corrected chi connectivity index (χ0v) is 21.7. The van der Waals surface area contributed by atoms with Crippen molar-refractivity contribution in [2.24, 2.45) is 56.7 Å². The van der Waals surface area contributed by atoms with Crippen LogP contribution in [0.1, 0.15) is 112 Å². The first-order chi connectivity index (χ1) is 14.8. The number of fused-ring (bicyclic) bond motifs is 7. The minimum Gasteiger partial charge on any atom is -0.478 e. The summed E-state index contributed by atoms with van der Waals surface area (Å²) in [4.78, 5) is 11.8. The predicted octanol–water partition coefficient (Wildman–Crippen LogP) is 8.12. The van der Waals surface area contributed by atoms with Gasteiger partial charge < -0.3 is 5.11 Å². The molecule has 2 heteroatoms. The number of aliphatic carboxylic acids is 1. The lowest BCUT2D eigenvalue weighted by Gasteiger charge is -2.73. The lowest BCUT2D eigenvalue weighted by Crippen LogP contribution is -2.65. The Morgan fingerprint density at radius 3 is 1.94 bits per heavy atom. The minimum atomic E-state index is -0.769.